The van der Waals surface area contributed by atoms with Gasteiger partial charge in [-0.25, -0.2) is 4.79 Å². The number of aliphatic hydroxyl groups is 1. The molecular weight excluding hydrogens is 288 g/mol. The van der Waals surface area contributed by atoms with E-state index in [-0.39, 0.29) is 5.41 Å². The number of unbranched alkanes of at least 4 members (excludes halogenated alkanes) is 1. The average Bonchev–Trinajstić information content (AvgIpc) is 2.94. The zero-order chi connectivity index (χ0) is 17.0. The lowest BCUT2D eigenvalue weighted by Crippen LogP contribution is -2.22. The van der Waals surface area contributed by atoms with Gasteiger partial charge < -0.3 is 9.84 Å². The van der Waals surface area contributed by atoms with Crippen LogP contribution in [0, 0.1) is 11.3 Å². The minimum absolute atomic E-state index is 0.162. The normalized spacial score (nSPS) is 32.3. The van der Waals surface area contributed by atoms with E-state index < -0.39 is 12.3 Å². The maximum atomic E-state index is 11.2. The summed E-state index contributed by atoms with van der Waals surface area (Å²) in [5, 5.41) is 9.74. The molecule has 2 aliphatic rings. The van der Waals surface area contributed by atoms with Crippen LogP contribution in [0.3, 0.4) is 0 Å². The van der Waals surface area contributed by atoms with E-state index in [9.17, 15) is 9.90 Å². The lowest BCUT2D eigenvalue weighted by molar-refractivity contribution is -0.151. The number of esters is 1. The van der Waals surface area contributed by atoms with Crippen LogP contribution in [0.2, 0.25) is 0 Å². The lowest BCUT2D eigenvalue weighted by atomic mass is 9.73. The van der Waals surface area contributed by atoms with E-state index in [1.807, 2.05) is 0 Å². The summed E-state index contributed by atoms with van der Waals surface area (Å²) in [6.07, 6.45) is 10.3. The fourth-order valence-corrected chi connectivity index (χ4v) is 3.76. The molecule has 128 valence electrons. The summed E-state index contributed by atoms with van der Waals surface area (Å²) in [4.78, 5) is 11.2. The second-order valence-corrected chi connectivity index (χ2v) is 7.44. The number of aliphatic hydroxyl groups excluding tert-OH is 1. The SMILES string of the molecule is C=C(C)CCCC=C1CCC(C)C1(C)CCC1=CC(=O)OC1O. The Labute approximate surface area is 140 Å². The molecule has 0 radical (unpaired) electrons. The van der Waals surface area contributed by atoms with Gasteiger partial charge in [-0.1, -0.05) is 31.1 Å². The van der Waals surface area contributed by atoms with Crippen molar-refractivity contribution >= 4 is 5.97 Å². The maximum absolute atomic E-state index is 11.2. The first kappa shape index (κ1) is 18.0. The van der Waals surface area contributed by atoms with Gasteiger partial charge in [-0.3, -0.25) is 0 Å². The molecule has 0 aromatic heterocycles. The van der Waals surface area contributed by atoms with E-state index in [0.29, 0.717) is 5.92 Å². The topological polar surface area (TPSA) is 46.5 Å². The van der Waals surface area contributed by atoms with Gasteiger partial charge in [0, 0.05) is 11.6 Å². The third-order valence-electron chi connectivity index (χ3n) is 5.65. The number of hydrogen-bond donors (Lipinski definition) is 1. The van der Waals surface area contributed by atoms with Crippen molar-refractivity contribution < 1.29 is 14.6 Å². The molecule has 0 amide bonds. The van der Waals surface area contributed by atoms with Crippen molar-refractivity contribution in [3.8, 4) is 0 Å². The summed E-state index contributed by atoms with van der Waals surface area (Å²) in [7, 11) is 0. The number of carbonyl (C=O) groups excluding carboxylic acids is 1. The molecule has 3 unspecified atom stereocenters. The van der Waals surface area contributed by atoms with Crippen molar-refractivity contribution in [2.45, 2.75) is 72.0 Å². The minimum Gasteiger partial charge on any atom is -0.429 e. The van der Waals surface area contributed by atoms with E-state index >= 15 is 0 Å². The Morgan fingerprint density at radius 3 is 2.91 bits per heavy atom. The first-order valence-electron chi connectivity index (χ1n) is 8.76. The van der Waals surface area contributed by atoms with E-state index in [1.165, 1.54) is 24.5 Å². The van der Waals surface area contributed by atoms with Crippen LogP contribution in [0.25, 0.3) is 0 Å². The highest BCUT2D eigenvalue weighted by Crippen LogP contribution is 2.51. The van der Waals surface area contributed by atoms with Crippen LogP contribution in [0.15, 0.2) is 35.5 Å². The Morgan fingerprint density at radius 2 is 2.30 bits per heavy atom. The van der Waals surface area contributed by atoms with Crippen LogP contribution < -0.4 is 0 Å². The Balaban J connectivity index is 1.98. The summed E-state index contributed by atoms with van der Waals surface area (Å²) in [5.41, 5.74) is 3.68. The van der Waals surface area contributed by atoms with Gasteiger partial charge in [0.05, 0.1) is 0 Å². The quantitative estimate of drug-likeness (QED) is 0.421. The number of rotatable bonds is 7. The van der Waals surface area contributed by atoms with Crippen LogP contribution in [0.5, 0.6) is 0 Å². The molecule has 3 heteroatoms. The molecule has 1 fully saturated rings. The number of carbonyl (C=O) groups is 1. The lowest BCUT2D eigenvalue weighted by Gasteiger charge is -2.32. The molecule has 0 spiro atoms. The number of allylic oxidation sites excluding steroid dienone is 3. The highest BCUT2D eigenvalue weighted by atomic mass is 16.6. The summed E-state index contributed by atoms with van der Waals surface area (Å²) >= 11 is 0. The molecule has 0 aromatic rings. The molecule has 1 aliphatic heterocycles. The Bertz CT molecular complexity index is 529. The first-order chi connectivity index (χ1) is 10.8. The van der Waals surface area contributed by atoms with E-state index in [4.69, 9.17) is 4.74 Å². The van der Waals surface area contributed by atoms with E-state index in [2.05, 4.69) is 33.4 Å². The zero-order valence-electron chi connectivity index (χ0n) is 14.7. The molecule has 1 saturated carbocycles. The van der Waals surface area contributed by atoms with E-state index in [0.717, 1.165) is 37.7 Å². The summed E-state index contributed by atoms with van der Waals surface area (Å²) in [6.45, 7) is 10.7. The standard InChI is InChI=1S/C20H30O3/c1-14(2)7-5-6-8-17-10-9-15(3)20(17,4)12-11-16-13-18(21)23-19(16)22/h8,13,15,19,22H,1,5-7,9-12H2,2-4H3. The molecule has 3 atom stereocenters. The second-order valence-electron chi connectivity index (χ2n) is 7.44. The zero-order valence-corrected chi connectivity index (χ0v) is 14.7. The predicted molar refractivity (Wildman–Crippen MR) is 92.7 cm³/mol. The molecule has 0 saturated heterocycles. The largest absolute Gasteiger partial charge is 0.429 e. The van der Waals surface area contributed by atoms with Crippen LogP contribution in [-0.2, 0) is 9.53 Å². The molecule has 23 heavy (non-hydrogen) atoms. The van der Waals surface area contributed by atoms with Crippen molar-refractivity contribution in [3.05, 3.63) is 35.5 Å². The Kier molecular flexibility index (Phi) is 5.85. The number of hydrogen-bond acceptors (Lipinski definition) is 3. The van der Waals surface area contributed by atoms with Crippen molar-refractivity contribution in [1.29, 1.82) is 0 Å². The van der Waals surface area contributed by atoms with Gasteiger partial charge in [-0.05, 0) is 63.2 Å². The van der Waals surface area contributed by atoms with Crippen LogP contribution in [0.1, 0.15) is 65.7 Å². The van der Waals surface area contributed by atoms with E-state index in [1.54, 1.807) is 5.57 Å². The monoisotopic (exact) mass is 318 g/mol. The molecule has 1 heterocycles. The van der Waals surface area contributed by atoms with Gasteiger partial charge in [0.15, 0.2) is 0 Å². The fraction of sp³-hybridized carbons (Fsp3) is 0.650. The maximum Gasteiger partial charge on any atom is 0.333 e. The third kappa shape index (κ3) is 4.35. The van der Waals surface area contributed by atoms with Crippen LogP contribution >= 0.6 is 0 Å². The van der Waals surface area contributed by atoms with Crippen molar-refractivity contribution in [3.63, 3.8) is 0 Å². The van der Waals surface area contributed by atoms with Crippen LogP contribution in [0.4, 0.5) is 0 Å². The molecule has 3 nitrogen and oxygen atoms in total. The fourth-order valence-electron chi connectivity index (χ4n) is 3.76. The highest BCUT2D eigenvalue weighted by molar-refractivity contribution is 5.85. The minimum atomic E-state index is -1.04. The molecular formula is C20H30O3. The summed E-state index contributed by atoms with van der Waals surface area (Å²) in [6, 6.07) is 0. The molecule has 0 aromatic carbocycles. The number of ether oxygens (including phenoxy) is 1. The van der Waals surface area contributed by atoms with Crippen molar-refractivity contribution in [2.24, 2.45) is 11.3 Å². The van der Waals surface area contributed by atoms with Gasteiger partial charge in [-0.15, -0.1) is 6.58 Å². The molecule has 1 aliphatic carbocycles. The predicted octanol–water partition coefficient (Wildman–Crippen LogP) is 4.68. The van der Waals surface area contributed by atoms with Gasteiger partial charge in [0.25, 0.3) is 0 Å². The van der Waals surface area contributed by atoms with Gasteiger partial charge in [0.1, 0.15) is 0 Å². The van der Waals surface area contributed by atoms with Gasteiger partial charge in [0.2, 0.25) is 6.29 Å². The van der Waals surface area contributed by atoms with Crippen molar-refractivity contribution in [1.82, 2.24) is 0 Å². The summed E-state index contributed by atoms with van der Waals surface area (Å²) < 4.78 is 4.78. The highest BCUT2D eigenvalue weighted by Gasteiger charge is 2.40. The van der Waals surface area contributed by atoms with Gasteiger partial charge >= 0.3 is 5.97 Å². The Morgan fingerprint density at radius 1 is 1.57 bits per heavy atom. The van der Waals surface area contributed by atoms with Gasteiger partial charge in [-0.2, -0.15) is 0 Å². The average molecular weight is 318 g/mol. The molecule has 1 N–H and O–H groups in total. The number of cyclic esters (lactones) is 1. The summed E-state index contributed by atoms with van der Waals surface area (Å²) in [5.74, 6) is 0.207. The third-order valence-corrected chi connectivity index (χ3v) is 5.65. The molecule has 2 rings (SSSR count). The van der Waals surface area contributed by atoms with Crippen molar-refractivity contribution in [2.75, 3.05) is 0 Å². The van der Waals surface area contributed by atoms with Crippen LogP contribution in [-0.4, -0.2) is 17.4 Å². The smallest absolute Gasteiger partial charge is 0.333 e. The molecule has 0 bridgehead atoms. The first-order valence-corrected chi connectivity index (χ1v) is 8.76. The second kappa shape index (κ2) is 7.48. The Hall–Kier alpha value is -1.35.